The van der Waals surface area contributed by atoms with Crippen LogP contribution in [0.2, 0.25) is 0 Å². The number of aromatic nitrogens is 4. The molecule has 0 radical (unpaired) electrons. The lowest BCUT2D eigenvalue weighted by Gasteiger charge is -2.12. The average Bonchev–Trinajstić information content (AvgIpc) is 3.15. The molecule has 3 aromatic heterocycles. The summed E-state index contributed by atoms with van der Waals surface area (Å²) in [5, 5.41) is 9.31. The summed E-state index contributed by atoms with van der Waals surface area (Å²) in [6.07, 6.45) is 7.24. The Morgan fingerprint density at radius 2 is 2.00 bits per heavy atom. The molecular formula is C19H17FN4O2. The Hall–Kier alpha value is -2.93. The maximum atomic E-state index is 13.0. The number of nitrogens with zero attached hydrogens (tertiary/aromatic N) is 4. The van der Waals surface area contributed by atoms with E-state index < -0.39 is 0 Å². The van der Waals surface area contributed by atoms with Gasteiger partial charge in [-0.25, -0.2) is 14.4 Å². The monoisotopic (exact) mass is 352 g/mol. The van der Waals surface area contributed by atoms with Gasteiger partial charge in [-0.15, -0.1) is 0 Å². The molecule has 3 aromatic rings. The molecule has 0 atom stereocenters. The van der Waals surface area contributed by atoms with Crippen molar-refractivity contribution in [2.24, 2.45) is 0 Å². The molecule has 1 N–H and O–H groups in total. The quantitative estimate of drug-likeness (QED) is 0.760. The number of ether oxygens (including phenoxy) is 1. The van der Waals surface area contributed by atoms with Gasteiger partial charge in [0.25, 0.3) is 0 Å². The number of pyridine rings is 2. The van der Waals surface area contributed by atoms with Crippen molar-refractivity contribution >= 4 is 0 Å². The number of fused-ring (bicyclic) bond motifs is 1. The van der Waals surface area contributed by atoms with Crippen LogP contribution in [0.4, 0.5) is 4.39 Å². The van der Waals surface area contributed by atoms with Gasteiger partial charge >= 0.3 is 0 Å². The highest BCUT2D eigenvalue weighted by atomic mass is 19.1. The van der Waals surface area contributed by atoms with Crippen LogP contribution in [0.5, 0.6) is 5.88 Å². The zero-order valence-electron chi connectivity index (χ0n) is 14.0. The summed E-state index contributed by atoms with van der Waals surface area (Å²) in [6, 6.07) is 4.78. The van der Waals surface area contributed by atoms with Gasteiger partial charge in [0.2, 0.25) is 5.88 Å². The second-order valence-corrected chi connectivity index (χ2v) is 6.10. The Labute approximate surface area is 149 Å². The zero-order chi connectivity index (χ0) is 17.9. The summed E-state index contributed by atoms with van der Waals surface area (Å²) >= 11 is 0. The van der Waals surface area contributed by atoms with Crippen LogP contribution in [0.3, 0.4) is 0 Å². The second kappa shape index (κ2) is 7.13. The van der Waals surface area contributed by atoms with Crippen LogP contribution in [0, 0.1) is 5.82 Å². The third-order valence-corrected chi connectivity index (χ3v) is 4.31. The molecule has 4 rings (SSSR count). The number of hydrogen-bond donors (Lipinski definition) is 1. The lowest BCUT2D eigenvalue weighted by atomic mass is 10.0. The number of aryl methyl sites for hydroxylation is 1. The molecular weight excluding hydrogens is 335 g/mol. The highest BCUT2D eigenvalue weighted by Gasteiger charge is 2.20. The lowest BCUT2D eigenvalue weighted by molar-refractivity contribution is 0.276. The van der Waals surface area contributed by atoms with Crippen LogP contribution in [0.15, 0.2) is 36.8 Å². The van der Waals surface area contributed by atoms with Gasteiger partial charge in [-0.2, -0.15) is 0 Å². The highest BCUT2D eigenvalue weighted by Crippen LogP contribution is 2.33. The minimum atomic E-state index is -0.381. The van der Waals surface area contributed by atoms with Crippen molar-refractivity contribution in [2.45, 2.75) is 32.5 Å². The van der Waals surface area contributed by atoms with E-state index in [9.17, 15) is 9.50 Å². The molecule has 0 aliphatic heterocycles. The third-order valence-electron chi connectivity index (χ3n) is 4.31. The zero-order valence-corrected chi connectivity index (χ0v) is 14.0. The summed E-state index contributed by atoms with van der Waals surface area (Å²) in [4.78, 5) is 17.2. The average molecular weight is 352 g/mol. The second-order valence-electron chi connectivity index (χ2n) is 6.10. The van der Waals surface area contributed by atoms with E-state index in [0.29, 0.717) is 23.0 Å². The van der Waals surface area contributed by atoms with Crippen LogP contribution >= 0.6 is 0 Å². The van der Waals surface area contributed by atoms with Crippen molar-refractivity contribution in [1.82, 2.24) is 19.9 Å². The molecule has 132 valence electrons. The van der Waals surface area contributed by atoms with E-state index in [-0.39, 0.29) is 19.0 Å². The molecule has 3 heterocycles. The van der Waals surface area contributed by atoms with E-state index in [1.54, 1.807) is 18.5 Å². The summed E-state index contributed by atoms with van der Waals surface area (Å²) in [5.74, 6) is 0.0945. The number of hydrogen-bond acceptors (Lipinski definition) is 6. The Balaban J connectivity index is 1.65. The smallest absolute Gasteiger partial charge is 0.214 e. The van der Waals surface area contributed by atoms with Crippen molar-refractivity contribution in [2.75, 3.05) is 0 Å². The van der Waals surface area contributed by atoms with Crippen LogP contribution in [0.1, 0.15) is 29.1 Å². The van der Waals surface area contributed by atoms with Crippen molar-refractivity contribution in [3.05, 3.63) is 65.3 Å². The van der Waals surface area contributed by atoms with Gasteiger partial charge in [0.1, 0.15) is 12.4 Å². The number of aliphatic hydroxyl groups is 1. The fourth-order valence-corrected chi connectivity index (χ4v) is 3.07. The topological polar surface area (TPSA) is 81.0 Å². The molecule has 7 heteroatoms. The Bertz CT molecular complexity index is 931. The van der Waals surface area contributed by atoms with Gasteiger partial charge in [0.05, 0.1) is 42.3 Å². The normalized spacial score (nSPS) is 12.8. The summed E-state index contributed by atoms with van der Waals surface area (Å²) in [5.41, 5.74) is 4.92. The first-order valence-corrected chi connectivity index (χ1v) is 8.41. The third kappa shape index (κ3) is 3.39. The minimum absolute atomic E-state index is 0.159. The SMILES string of the molecule is OCc1cncc(-c2cc(OCc3ccc(F)cn3)nc3c2CCC3)n1. The molecule has 1 aliphatic rings. The Morgan fingerprint density at radius 1 is 1.08 bits per heavy atom. The summed E-state index contributed by atoms with van der Waals surface area (Å²) < 4.78 is 18.7. The standard InChI is InChI=1S/C19H17FN4O2/c20-12-4-5-13(22-7-12)11-26-19-6-16(15-2-1-3-17(15)24-19)18-9-21-8-14(10-25)23-18/h4-9,25H,1-3,10-11H2. The molecule has 0 aromatic carbocycles. The molecule has 0 bridgehead atoms. The molecule has 0 amide bonds. The van der Waals surface area contributed by atoms with Gasteiger partial charge in [-0.3, -0.25) is 9.97 Å². The van der Waals surface area contributed by atoms with Crippen LogP contribution in [0.25, 0.3) is 11.3 Å². The number of halogens is 1. The van der Waals surface area contributed by atoms with Gasteiger partial charge in [-0.05, 0) is 37.0 Å². The molecule has 0 spiro atoms. The van der Waals surface area contributed by atoms with Gasteiger partial charge in [-0.1, -0.05) is 0 Å². The maximum absolute atomic E-state index is 13.0. The molecule has 0 saturated carbocycles. The largest absolute Gasteiger partial charge is 0.471 e. The molecule has 1 aliphatic carbocycles. The predicted molar refractivity (Wildman–Crippen MR) is 91.7 cm³/mol. The molecule has 0 fully saturated rings. The van der Waals surface area contributed by atoms with Crippen LogP contribution < -0.4 is 4.74 Å². The fraction of sp³-hybridized carbons (Fsp3) is 0.263. The van der Waals surface area contributed by atoms with Crippen molar-refractivity contribution < 1.29 is 14.2 Å². The first-order valence-electron chi connectivity index (χ1n) is 8.41. The van der Waals surface area contributed by atoms with E-state index in [4.69, 9.17) is 4.74 Å². The van der Waals surface area contributed by atoms with Gasteiger partial charge < -0.3 is 9.84 Å². The molecule has 0 unspecified atom stereocenters. The van der Waals surface area contributed by atoms with E-state index in [1.165, 1.54) is 6.07 Å². The Kier molecular flexibility index (Phi) is 4.53. The highest BCUT2D eigenvalue weighted by molar-refractivity contribution is 5.66. The number of aliphatic hydroxyl groups excluding tert-OH is 1. The summed E-state index contributed by atoms with van der Waals surface area (Å²) in [7, 11) is 0. The van der Waals surface area contributed by atoms with Crippen LogP contribution in [-0.2, 0) is 26.1 Å². The number of rotatable bonds is 5. The van der Waals surface area contributed by atoms with Crippen molar-refractivity contribution in [3.8, 4) is 17.1 Å². The first kappa shape index (κ1) is 16.5. The van der Waals surface area contributed by atoms with Crippen molar-refractivity contribution in [3.63, 3.8) is 0 Å². The van der Waals surface area contributed by atoms with E-state index in [2.05, 4.69) is 19.9 Å². The summed E-state index contributed by atoms with van der Waals surface area (Å²) in [6.45, 7) is 0.0432. The predicted octanol–water partition coefficient (Wildman–Crippen LogP) is 2.63. The Morgan fingerprint density at radius 3 is 2.81 bits per heavy atom. The van der Waals surface area contributed by atoms with Gasteiger partial charge in [0, 0.05) is 17.3 Å². The molecule has 6 nitrogen and oxygen atoms in total. The van der Waals surface area contributed by atoms with E-state index >= 15 is 0 Å². The van der Waals surface area contributed by atoms with Gasteiger partial charge in [0.15, 0.2) is 0 Å². The minimum Gasteiger partial charge on any atom is -0.471 e. The lowest BCUT2D eigenvalue weighted by Crippen LogP contribution is -2.03. The molecule has 0 saturated heterocycles. The van der Waals surface area contributed by atoms with E-state index in [0.717, 1.165) is 42.3 Å². The van der Waals surface area contributed by atoms with E-state index in [1.807, 2.05) is 6.07 Å². The fourth-order valence-electron chi connectivity index (χ4n) is 3.07. The van der Waals surface area contributed by atoms with Crippen LogP contribution in [-0.4, -0.2) is 25.0 Å². The maximum Gasteiger partial charge on any atom is 0.214 e. The first-order chi connectivity index (χ1) is 12.7. The van der Waals surface area contributed by atoms with Crippen molar-refractivity contribution in [1.29, 1.82) is 0 Å². The molecule has 26 heavy (non-hydrogen) atoms.